The van der Waals surface area contributed by atoms with Crippen LogP contribution in [0.5, 0.6) is 5.75 Å². The van der Waals surface area contributed by atoms with Crippen LogP contribution in [0.2, 0.25) is 0 Å². The molecule has 3 fully saturated rings. The highest BCUT2D eigenvalue weighted by molar-refractivity contribution is 7.22. The molecule has 20 heteroatoms. The van der Waals surface area contributed by atoms with Crippen LogP contribution < -0.4 is 25.2 Å². The van der Waals surface area contributed by atoms with Crippen LogP contribution >= 0.6 is 11.3 Å². The minimum absolute atomic E-state index is 0.174. The molecule has 1 atom stereocenters. The number of pyridine rings is 2. The van der Waals surface area contributed by atoms with Gasteiger partial charge in [-0.05, 0) is 123 Å². The number of rotatable bonds is 13. The Kier molecular flexibility index (Phi) is 13.7. The monoisotopic (exact) mass is 1040 g/mol. The molecule has 7 aromatic rings. The number of piperazine rings is 1. The summed E-state index contributed by atoms with van der Waals surface area (Å²) in [5, 5.41) is 21.7. The van der Waals surface area contributed by atoms with E-state index in [-0.39, 0.29) is 53.4 Å². The van der Waals surface area contributed by atoms with E-state index in [1.54, 1.807) is 10.7 Å². The molecule has 0 radical (unpaired) electrons. The Hall–Kier alpha value is -7.45. The van der Waals surface area contributed by atoms with E-state index in [1.165, 1.54) is 41.7 Å². The Labute approximate surface area is 433 Å². The zero-order valence-electron chi connectivity index (χ0n) is 41.2. The van der Waals surface area contributed by atoms with Crippen molar-refractivity contribution in [3.63, 3.8) is 0 Å². The van der Waals surface area contributed by atoms with Gasteiger partial charge in [-0.15, -0.1) is 0 Å². The number of amides is 3. The van der Waals surface area contributed by atoms with Crippen molar-refractivity contribution < 1.29 is 42.2 Å². The van der Waals surface area contributed by atoms with E-state index < -0.39 is 35.4 Å². The van der Waals surface area contributed by atoms with Gasteiger partial charge in [-0.2, -0.15) is 18.3 Å². The molecule has 7 heterocycles. The van der Waals surface area contributed by atoms with Crippen molar-refractivity contribution in [2.24, 2.45) is 13.0 Å². The Bertz CT molecular complexity index is 3310. The van der Waals surface area contributed by atoms with Crippen LogP contribution in [0.4, 0.5) is 29.9 Å². The number of para-hydroxylation sites is 1. The number of carbonyl (C=O) groups is 4. The zero-order valence-corrected chi connectivity index (χ0v) is 42.1. The molecule has 75 heavy (non-hydrogen) atoms. The maximum Gasteiger partial charge on any atom is 0.420 e. The number of alkyl halides is 3. The van der Waals surface area contributed by atoms with Gasteiger partial charge >= 0.3 is 12.1 Å². The fourth-order valence-corrected chi connectivity index (χ4v) is 12.1. The number of carbonyl (C=O) groups excluding carboxylic acids is 3. The number of ether oxygens (including phenoxy) is 1. The summed E-state index contributed by atoms with van der Waals surface area (Å²) in [6.07, 6.45) is 0.835. The summed E-state index contributed by atoms with van der Waals surface area (Å²) in [4.78, 5) is 71.3. The molecule has 4 aliphatic rings. The number of anilines is 3. The maximum absolute atomic E-state index is 15.2. The van der Waals surface area contributed by atoms with Crippen LogP contribution in [0.25, 0.3) is 32.4 Å². The van der Waals surface area contributed by atoms with Gasteiger partial charge in [-0.25, -0.2) is 19.7 Å². The molecular weight excluding hydrogens is 986 g/mol. The van der Waals surface area contributed by atoms with Crippen molar-refractivity contribution in [1.29, 1.82) is 0 Å². The lowest BCUT2D eigenvalue weighted by molar-refractivity contribution is -0.139. The second-order valence-corrected chi connectivity index (χ2v) is 20.9. The number of hydrogen-bond acceptors (Lipinski definition) is 13. The normalized spacial score (nSPS) is 19.5. The summed E-state index contributed by atoms with van der Waals surface area (Å²) in [5.74, 6) is -1.66. The third-order valence-electron chi connectivity index (χ3n) is 15.2. The summed E-state index contributed by atoms with van der Waals surface area (Å²) < 4.78 is 54.4. The number of carboxylic acids is 1. The lowest BCUT2D eigenvalue weighted by atomic mass is 9.84. The molecule has 4 aromatic heterocycles. The average Bonchev–Trinajstić information content (AvgIpc) is 3.97. The second-order valence-electron chi connectivity index (χ2n) is 19.9. The summed E-state index contributed by atoms with van der Waals surface area (Å²) in [7, 11) is 1.82. The van der Waals surface area contributed by atoms with E-state index in [0.717, 1.165) is 91.0 Å². The lowest BCUT2D eigenvalue weighted by Crippen LogP contribution is -2.47. The number of aromatic nitrogens is 5. The number of thiazole rings is 1. The van der Waals surface area contributed by atoms with Crippen molar-refractivity contribution in [2.75, 3.05) is 54.4 Å². The first-order valence-electron chi connectivity index (χ1n) is 25.5. The Morgan fingerprint density at radius 1 is 0.827 bits per heavy atom. The quantitative estimate of drug-likeness (QED) is 0.0929. The van der Waals surface area contributed by atoms with E-state index in [0.29, 0.717) is 60.2 Å². The number of imide groups is 1. The highest BCUT2D eigenvalue weighted by Crippen LogP contribution is 2.45. The molecule has 1 saturated carbocycles. The number of piperidine rings is 1. The molecular formula is C55H55F3N10O6S. The zero-order chi connectivity index (χ0) is 52.0. The molecule has 0 bridgehead atoms. The smallest absolute Gasteiger partial charge is 0.420 e. The van der Waals surface area contributed by atoms with Gasteiger partial charge in [-0.3, -0.25) is 34.6 Å². The number of nitrogens with zero attached hydrogens (tertiary/aromatic N) is 8. The van der Waals surface area contributed by atoms with Crippen LogP contribution in [0.15, 0.2) is 84.9 Å². The van der Waals surface area contributed by atoms with E-state index in [9.17, 15) is 24.3 Å². The number of aryl methyl sites for hydroxylation is 1. The second kappa shape index (κ2) is 20.7. The number of benzene rings is 3. The summed E-state index contributed by atoms with van der Waals surface area (Å²) in [6, 6.07) is 24.0. The Morgan fingerprint density at radius 2 is 1.60 bits per heavy atom. The van der Waals surface area contributed by atoms with Crippen molar-refractivity contribution in [3.05, 3.63) is 119 Å². The SMILES string of the molecule is Cn1nc(C2CCC(=O)NC2=O)c2ccc(N3CCN(CCCC4CCC(Oc5cccc(-c6ccc(N7CCc8cccc(C(=O)Nc9nc%10ccccc%10s9)c8C7)nc6C(=O)O)c5C(F)(F)F)CC4)CC3)nc21. The molecule has 3 aromatic carbocycles. The molecule has 3 aliphatic heterocycles. The van der Waals surface area contributed by atoms with Crippen molar-refractivity contribution in [1.82, 2.24) is 34.9 Å². The summed E-state index contributed by atoms with van der Waals surface area (Å²) in [6.45, 7) is 5.00. The van der Waals surface area contributed by atoms with Gasteiger partial charge < -0.3 is 19.6 Å². The van der Waals surface area contributed by atoms with Crippen LogP contribution in [-0.4, -0.2) is 104 Å². The molecule has 2 saturated heterocycles. The number of halogens is 3. The number of fused-ring (bicyclic) bond motifs is 3. The molecule has 16 nitrogen and oxygen atoms in total. The van der Waals surface area contributed by atoms with Crippen molar-refractivity contribution >= 4 is 73.0 Å². The number of nitrogens with one attached hydrogen (secondary N) is 2. The molecule has 3 N–H and O–H groups in total. The first-order chi connectivity index (χ1) is 36.2. The predicted octanol–water partition coefficient (Wildman–Crippen LogP) is 9.23. The van der Waals surface area contributed by atoms with Gasteiger partial charge in [0.25, 0.3) is 5.91 Å². The fourth-order valence-electron chi connectivity index (χ4n) is 11.3. The van der Waals surface area contributed by atoms with Crippen LogP contribution in [-0.2, 0) is 35.8 Å². The summed E-state index contributed by atoms with van der Waals surface area (Å²) in [5.41, 5.74) is 2.21. The van der Waals surface area contributed by atoms with Gasteiger partial charge in [-0.1, -0.05) is 47.7 Å². The average molecular weight is 1040 g/mol. The number of aromatic carboxylic acids is 1. The molecule has 0 spiro atoms. The molecule has 388 valence electrons. The van der Waals surface area contributed by atoms with Crippen LogP contribution in [0, 0.1) is 5.92 Å². The third-order valence-corrected chi connectivity index (χ3v) is 16.1. The number of carboxylic acid groups (broad SMARTS) is 1. The van der Waals surface area contributed by atoms with E-state index in [2.05, 4.69) is 35.5 Å². The highest BCUT2D eigenvalue weighted by atomic mass is 32.1. The van der Waals surface area contributed by atoms with Gasteiger partial charge in [0.2, 0.25) is 11.8 Å². The van der Waals surface area contributed by atoms with E-state index in [4.69, 9.17) is 9.72 Å². The molecule has 11 rings (SSSR count). The molecule has 1 unspecified atom stereocenters. The van der Waals surface area contributed by atoms with Crippen molar-refractivity contribution in [3.8, 4) is 16.9 Å². The number of hydrogen-bond donors (Lipinski definition) is 3. The fraction of sp³-hybridized carbons (Fsp3) is 0.382. The van der Waals surface area contributed by atoms with Gasteiger partial charge in [0, 0.05) is 74.8 Å². The maximum atomic E-state index is 15.2. The van der Waals surface area contributed by atoms with E-state index >= 15 is 13.2 Å². The highest BCUT2D eigenvalue weighted by Gasteiger charge is 2.40. The van der Waals surface area contributed by atoms with Gasteiger partial charge in [0.05, 0.1) is 27.9 Å². The largest absolute Gasteiger partial charge is 0.490 e. The molecule has 1 aliphatic carbocycles. The molecule has 3 amide bonds. The van der Waals surface area contributed by atoms with Crippen molar-refractivity contribution in [2.45, 2.75) is 82.5 Å². The standard InChI is InChI=1S/C55H55F3N10O6S/c1-65-50-38(48(64-65)39-20-23-46(69)62-52(39)71)19-22-45(61-50)67-29-27-66(28-30-67)25-6-7-32-14-16-34(17-15-32)74-42-12-5-9-35(47(42)55(56,57)58)36-18-21-44(60-49(36)53(72)73)68-26-24-33-8-4-10-37(40(33)31-68)51(70)63-54-59-41-11-2-3-13-43(41)75-54/h2-5,8-13,18-19,21-22,32,34,39H,6-7,14-17,20,23-31H2,1H3,(H,72,73)(H,59,63,70)(H,62,69,71). The third kappa shape index (κ3) is 10.4. The minimum Gasteiger partial charge on any atom is -0.490 e. The van der Waals surface area contributed by atoms with Crippen LogP contribution in [0.3, 0.4) is 0 Å². The minimum atomic E-state index is -4.87. The topological polar surface area (TPSA) is 188 Å². The predicted molar refractivity (Wildman–Crippen MR) is 278 cm³/mol. The van der Waals surface area contributed by atoms with Gasteiger partial charge in [0.15, 0.2) is 16.5 Å². The van der Waals surface area contributed by atoms with Crippen LogP contribution in [0.1, 0.15) is 101 Å². The Balaban J connectivity index is 0.694. The first-order valence-corrected chi connectivity index (χ1v) is 26.3. The first kappa shape index (κ1) is 49.7. The summed E-state index contributed by atoms with van der Waals surface area (Å²) >= 11 is 1.37. The van der Waals surface area contributed by atoms with E-state index in [1.807, 2.05) is 60.5 Å². The Morgan fingerprint density at radius 3 is 2.37 bits per heavy atom. The van der Waals surface area contributed by atoms with Gasteiger partial charge in [0.1, 0.15) is 22.9 Å². The lowest BCUT2D eigenvalue weighted by Gasteiger charge is -2.36.